The summed E-state index contributed by atoms with van der Waals surface area (Å²) >= 11 is 12.1. The molecule has 0 atom stereocenters. The predicted octanol–water partition coefficient (Wildman–Crippen LogP) is 4.31. The number of piperidine rings is 1. The number of halogens is 2. The molecule has 1 saturated heterocycles. The number of para-hydroxylation sites is 1. The largest absolute Gasteiger partial charge is 0.353 e. The lowest BCUT2D eigenvalue weighted by Gasteiger charge is -2.32. The van der Waals surface area contributed by atoms with Crippen molar-refractivity contribution in [3.63, 3.8) is 0 Å². The van der Waals surface area contributed by atoms with E-state index in [0.717, 1.165) is 38.0 Å². The highest BCUT2D eigenvalue weighted by molar-refractivity contribution is 6.42. The number of hydrogen-bond donors (Lipinski definition) is 2. The molecular weight excluding hydrogens is 383 g/mol. The quantitative estimate of drug-likeness (QED) is 0.682. The first-order valence-electron chi connectivity index (χ1n) is 9.00. The summed E-state index contributed by atoms with van der Waals surface area (Å²) in [6.45, 7) is 2.79. The molecule has 0 amide bonds. The summed E-state index contributed by atoms with van der Waals surface area (Å²) < 4.78 is 0. The Balaban J connectivity index is 1.37. The van der Waals surface area contributed by atoms with E-state index in [4.69, 9.17) is 23.2 Å². The van der Waals surface area contributed by atoms with E-state index >= 15 is 0 Å². The Morgan fingerprint density at radius 2 is 1.89 bits per heavy atom. The van der Waals surface area contributed by atoms with Crippen molar-refractivity contribution in [1.82, 2.24) is 14.9 Å². The maximum Gasteiger partial charge on any atom is 0.260 e. The van der Waals surface area contributed by atoms with E-state index in [1.165, 1.54) is 0 Å². The van der Waals surface area contributed by atoms with Crippen molar-refractivity contribution in [2.45, 2.75) is 25.4 Å². The third kappa shape index (κ3) is 4.26. The van der Waals surface area contributed by atoms with Gasteiger partial charge in [-0.05, 0) is 42.7 Å². The number of aromatic nitrogens is 2. The molecule has 1 aliphatic heterocycles. The number of likely N-dealkylation sites (tertiary alicyclic amines) is 1. The van der Waals surface area contributed by atoms with Gasteiger partial charge in [-0.1, -0.05) is 41.4 Å². The number of anilines is 1. The number of rotatable bonds is 4. The highest BCUT2D eigenvalue weighted by atomic mass is 35.5. The first-order valence-corrected chi connectivity index (χ1v) is 9.76. The second kappa shape index (κ2) is 7.89. The molecule has 3 aromatic rings. The van der Waals surface area contributed by atoms with Crippen LogP contribution in [0.15, 0.2) is 47.3 Å². The summed E-state index contributed by atoms with van der Waals surface area (Å²) in [7, 11) is 0. The first kappa shape index (κ1) is 18.3. The molecule has 5 nitrogen and oxygen atoms in total. The summed E-state index contributed by atoms with van der Waals surface area (Å²) in [5.74, 6) is 0.543. The van der Waals surface area contributed by atoms with Gasteiger partial charge in [-0.25, -0.2) is 4.98 Å². The predicted molar refractivity (Wildman–Crippen MR) is 111 cm³/mol. The summed E-state index contributed by atoms with van der Waals surface area (Å²) in [5.41, 5.74) is 1.76. The van der Waals surface area contributed by atoms with Crippen LogP contribution in [-0.2, 0) is 6.54 Å². The van der Waals surface area contributed by atoms with Gasteiger partial charge >= 0.3 is 0 Å². The van der Waals surface area contributed by atoms with Crippen LogP contribution < -0.4 is 10.9 Å². The van der Waals surface area contributed by atoms with Crippen molar-refractivity contribution < 1.29 is 0 Å². The number of nitrogens with one attached hydrogen (secondary N) is 2. The lowest BCUT2D eigenvalue weighted by Crippen LogP contribution is -2.39. The Hall–Kier alpha value is -2.08. The van der Waals surface area contributed by atoms with Crippen molar-refractivity contribution in [3.8, 4) is 0 Å². The zero-order chi connectivity index (χ0) is 18.8. The maximum atomic E-state index is 12.2. The SMILES string of the molecule is O=c1[nH]c(NC2CCN(Cc3ccc(Cl)c(Cl)c3)CC2)nc2ccccc12. The van der Waals surface area contributed by atoms with E-state index in [2.05, 4.69) is 20.2 Å². The maximum absolute atomic E-state index is 12.2. The Morgan fingerprint density at radius 1 is 1.11 bits per heavy atom. The molecular formula is C20H20Cl2N4O. The molecule has 7 heteroatoms. The minimum absolute atomic E-state index is 0.111. The Kier molecular flexibility index (Phi) is 5.34. The molecule has 0 radical (unpaired) electrons. The molecule has 2 heterocycles. The van der Waals surface area contributed by atoms with Crippen LogP contribution in [0.4, 0.5) is 5.95 Å². The van der Waals surface area contributed by atoms with E-state index in [0.29, 0.717) is 32.9 Å². The Morgan fingerprint density at radius 3 is 2.67 bits per heavy atom. The molecule has 1 aromatic heterocycles. The van der Waals surface area contributed by atoms with Gasteiger partial charge in [0.15, 0.2) is 0 Å². The molecule has 140 valence electrons. The van der Waals surface area contributed by atoms with Gasteiger partial charge in [0.2, 0.25) is 5.95 Å². The molecule has 4 rings (SSSR count). The fraction of sp³-hybridized carbons (Fsp3) is 0.300. The monoisotopic (exact) mass is 402 g/mol. The number of fused-ring (bicyclic) bond motifs is 1. The molecule has 0 unspecified atom stereocenters. The van der Waals surface area contributed by atoms with Gasteiger partial charge in [0, 0.05) is 25.7 Å². The highest BCUT2D eigenvalue weighted by Gasteiger charge is 2.20. The van der Waals surface area contributed by atoms with E-state index in [-0.39, 0.29) is 5.56 Å². The van der Waals surface area contributed by atoms with Crippen molar-refractivity contribution in [2.24, 2.45) is 0 Å². The zero-order valence-electron chi connectivity index (χ0n) is 14.7. The second-order valence-electron chi connectivity index (χ2n) is 6.87. The van der Waals surface area contributed by atoms with Crippen LogP contribution in [0.25, 0.3) is 10.9 Å². The average Bonchev–Trinajstić information content (AvgIpc) is 2.66. The molecule has 0 bridgehead atoms. The van der Waals surface area contributed by atoms with E-state index in [1.54, 1.807) is 6.07 Å². The third-order valence-corrected chi connectivity index (χ3v) is 5.67. The number of benzene rings is 2. The minimum atomic E-state index is -0.111. The van der Waals surface area contributed by atoms with E-state index in [9.17, 15) is 4.79 Å². The second-order valence-corrected chi connectivity index (χ2v) is 7.69. The molecule has 1 fully saturated rings. The van der Waals surface area contributed by atoms with Crippen molar-refractivity contribution in [2.75, 3.05) is 18.4 Å². The lowest BCUT2D eigenvalue weighted by atomic mass is 10.0. The molecule has 0 aliphatic carbocycles. The van der Waals surface area contributed by atoms with Gasteiger partial charge < -0.3 is 5.32 Å². The zero-order valence-corrected chi connectivity index (χ0v) is 16.2. The minimum Gasteiger partial charge on any atom is -0.353 e. The van der Waals surface area contributed by atoms with E-state index < -0.39 is 0 Å². The van der Waals surface area contributed by atoms with Crippen molar-refractivity contribution >= 4 is 40.1 Å². The van der Waals surface area contributed by atoms with Crippen LogP contribution >= 0.6 is 23.2 Å². The number of hydrogen-bond acceptors (Lipinski definition) is 4. The van der Waals surface area contributed by atoms with E-state index in [1.807, 2.05) is 36.4 Å². The molecule has 2 aromatic carbocycles. The topological polar surface area (TPSA) is 61.0 Å². The number of aromatic amines is 1. The number of nitrogens with zero attached hydrogens (tertiary/aromatic N) is 2. The van der Waals surface area contributed by atoms with Gasteiger partial charge in [-0.3, -0.25) is 14.7 Å². The Labute approximate surface area is 167 Å². The van der Waals surface area contributed by atoms with Gasteiger partial charge in [0.1, 0.15) is 0 Å². The summed E-state index contributed by atoms with van der Waals surface area (Å²) in [6.07, 6.45) is 1.97. The molecule has 0 spiro atoms. The summed E-state index contributed by atoms with van der Waals surface area (Å²) in [4.78, 5) is 22.0. The fourth-order valence-electron chi connectivity index (χ4n) is 3.48. The number of H-pyrrole nitrogens is 1. The first-order chi connectivity index (χ1) is 13.1. The van der Waals surface area contributed by atoms with Crippen LogP contribution in [0.5, 0.6) is 0 Å². The fourth-order valence-corrected chi connectivity index (χ4v) is 3.80. The van der Waals surface area contributed by atoms with Crippen LogP contribution in [0.1, 0.15) is 18.4 Å². The van der Waals surface area contributed by atoms with Gasteiger partial charge in [0.05, 0.1) is 20.9 Å². The Bertz CT molecular complexity index is 1010. The third-order valence-electron chi connectivity index (χ3n) is 4.93. The average molecular weight is 403 g/mol. The molecule has 1 aliphatic rings. The van der Waals surface area contributed by atoms with Crippen molar-refractivity contribution in [1.29, 1.82) is 0 Å². The van der Waals surface area contributed by atoms with Crippen LogP contribution in [-0.4, -0.2) is 34.0 Å². The van der Waals surface area contributed by atoms with Crippen LogP contribution in [0.2, 0.25) is 10.0 Å². The van der Waals surface area contributed by atoms with Crippen molar-refractivity contribution in [3.05, 3.63) is 68.4 Å². The van der Waals surface area contributed by atoms with Gasteiger partial charge in [-0.2, -0.15) is 0 Å². The standard InChI is InChI=1S/C20H20Cl2N4O/c21-16-6-5-13(11-17(16)22)12-26-9-7-14(8-10-26)23-20-24-18-4-2-1-3-15(18)19(27)25-20/h1-6,11,14H,7-10,12H2,(H2,23,24,25,27). The smallest absolute Gasteiger partial charge is 0.260 e. The molecule has 27 heavy (non-hydrogen) atoms. The summed E-state index contributed by atoms with van der Waals surface area (Å²) in [6, 6.07) is 13.5. The molecule has 2 N–H and O–H groups in total. The van der Waals surface area contributed by atoms with Gasteiger partial charge in [0.25, 0.3) is 5.56 Å². The normalized spacial score (nSPS) is 15.9. The molecule has 0 saturated carbocycles. The van der Waals surface area contributed by atoms with Crippen LogP contribution in [0.3, 0.4) is 0 Å². The van der Waals surface area contributed by atoms with Crippen LogP contribution in [0, 0.1) is 0 Å². The van der Waals surface area contributed by atoms with Gasteiger partial charge in [-0.15, -0.1) is 0 Å². The summed E-state index contributed by atoms with van der Waals surface area (Å²) in [5, 5.41) is 5.17. The lowest BCUT2D eigenvalue weighted by molar-refractivity contribution is 0.211. The highest BCUT2D eigenvalue weighted by Crippen LogP contribution is 2.24.